The van der Waals surface area contributed by atoms with Crippen LogP contribution in [0.25, 0.3) is 0 Å². The molecule has 2 aromatic rings. The number of nitrogens with one attached hydrogen (secondary N) is 1. The van der Waals surface area contributed by atoms with Crippen molar-refractivity contribution in [1.29, 1.82) is 0 Å². The van der Waals surface area contributed by atoms with Crippen molar-refractivity contribution in [3.05, 3.63) is 40.4 Å². The van der Waals surface area contributed by atoms with Gasteiger partial charge in [-0.15, -0.1) is 0 Å². The largest absolute Gasteiger partial charge is 0.495 e. The van der Waals surface area contributed by atoms with Crippen molar-refractivity contribution in [3.63, 3.8) is 0 Å². The summed E-state index contributed by atoms with van der Waals surface area (Å²) in [5.41, 5.74) is 1.87. The summed E-state index contributed by atoms with van der Waals surface area (Å²) in [7, 11) is -2.36. The molecule has 2 aliphatic rings. The van der Waals surface area contributed by atoms with Gasteiger partial charge < -0.3 is 14.2 Å². The van der Waals surface area contributed by atoms with Gasteiger partial charge in [0, 0.05) is 24.0 Å². The molecule has 0 radical (unpaired) electrons. The standard InChI is InChI=1S/C17H16ClNO5S/c1-22-14-3-2-11(9-13(14)18)19-25(20,21)17-12-5-7-23-15(12)8-10-4-6-24-16(10)17/h2-3,8-9,19H,4-7H2,1H3. The highest BCUT2D eigenvalue weighted by molar-refractivity contribution is 7.92. The van der Waals surface area contributed by atoms with E-state index >= 15 is 0 Å². The maximum absolute atomic E-state index is 13.1. The number of sulfonamides is 1. The second-order valence-electron chi connectivity index (χ2n) is 5.82. The van der Waals surface area contributed by atoms with Gasteiger partial charge in [0.2, 0.25) is 0 Å². The number of methoxy groups -OCH3 is 1. The molecule has 0 aliphatic carbocycles. The number of hydrogen-bond acceptors (Lipinski definition) is 5. The Labute approximate surface area is 150 Å². The lowest BCUT2D eigenvalue weighted by molar-refractivity contribution is 0.348. The van der Waals surface area contributed by atoms with Gasteiger partial charge in [0.1, 0.15) is 22.1 Å². The van der Waals surface area contributed by atoms with Crippen molar-refractivity contribution in [1.82, 2.24) is 0 Å². The van der Waals surface area contributed by atoms with Crippen LogP contribution in [0.15, 0.2) is 29.2 Å². The zero-order valence-corrected chi connectivity index (χ0v) is 15.0. The summed E-state index contributed by atoms with van der Waals surface area (Å²) in [4.78, 5) is 0.168. The normalized spacial score (nSPS) is 15.1. The molecule has 0 saturated heterocycles. The van der Waals surface area contributed by atoms with E-state index in [1.807, 2.05) is 6.07 Å². The first-order valence-electron chi connectivity index (χ1n) is 7.80. The Morgan fingerprint density at radius 3 is 2.72 bits per heavy atom. The predicted molar refractivity (Wildman–Crippen MR) is 93.7 cm³/mol. The molecule has 0 fully saturated rings. The molecule has 132 valence electrons. The zero-order valence-electron chi connectivity index (χ0n) is 13.5. The van der Waals surface area contributed by atoms with Crippen LogP contribution in [-0.4, -0.2) is 28.7 Å². The molecule has 2 aromatic carbocycles. The number of fused-ring (bicyclic) bond motifs is 2. The van der Waals surface area contributed by atoms with E-state index in [0.29, 0.717) is 59.6 Å². The Bertz CT molecular complexity index is 926. The van der Waals surface area contributed by atoms with Crippen LogP contribution in [0.2, 0.25) is 5.02 Å². The SMILES string of the molecule is COc1ccc(NS(=O)(=O)c2c3c(cc4c2OCC4)OCC3)cc1Cl. The van der Waals surface area contributed by atoms with E-state index in [2.05, 4.69) is 4.72 Å². The first kappa shape index (κ1) is 16.4. The maximum Gasteiger partial charge on any atom is 0.266 e. The van der Waals surface area contributed by atoms with Gasteiger partial charge in [-0.2, -0.15) is 0 Å². The van der Waals surface area contributed by atoms with E-state index in [1.54, 1.807) is 12.1 Å². The van der Waals surface area contributed by atoms with Crippen LogP contribution >= 0.6 is 11.6 Å². The van der Waals surface area contributed by atoms with Crippen LogP contribution in [0.3, 0.4) is 0 Å². The van der Waals surface area contributed by atoms with Gasteiger partial charge in [-0.1, -0.05) is 11.6 Å². The van der Waals surface area contributed by atoms with E-state index < -0.39 is 10.0 Å². The van der Waals surface area contributed by atoms with E-state index in [0.717, 1.165) is 5.56 Å². The first-order valence-corrected chi connectivity index (χ1v) is 9.66. The monoisotopic (exact) mass is 381 g/mol. The molecule has 8 heteroatoms. The van der Waals surface area contributed by atoms with E-state index in [1.165, 1.54) is 13.2 Å². The Morgan fingerprint density at radius 2 is 1.96 bits per heavy atom. The van der Waals surface area contributed by atoms with E-state index in [9.17, 15) is 8.42 Å². The van der Waals surface area contributed by atoms with Crippen molar-refractivity contribution < 1.29 is 22.6 Å². The average Bonchev–Trinajstić information content (AvgIpc) is 3.20. The Hall–Kier alpha value is -2.12. The molecule has 2 heterocycles. The fourth-order valence-electron chi connectivity index (χ4n) is 3.16. The third kappa shape index (κ3) is 2.77. The van der Waals surface area contributed by atoms with E-state index in [4.69, 9.17) is 25.8 Å². The maximum atomic E-state index is 13.1. The van der Waals surface area contributed by atoms with Gasteiger partial charge in [0.15, 0.2) is 0 Å². The molecule has 0 bridgehead atoms. The lowest BCUT2D eigenvalue weighted by Crippen LogP contribution is -2.16. The summed E-state index contributed by atoms with van der Waals surface area (Å²) in [6.45, 7) is 0.935. The number of anilines is 1. The molecule has 0 atom stereocenters. The topological polar surface area (TPSA) is 73.9 Å². The van der Waals surface area contributed by atoms with Crippen LogP contribution in [0.5, 0.6) is 17.2 Å². The molecule has 0 aromatic heterocycles. The number of benzene rings is 2. The van der Waals surface area contributed by atoms with Gasteiger partial charge in [-0.3, -0.25) is 4.72 Å². The lowest BCUT2D eigenvalue weighted by atomic mass is 10.1. The second kappa shape index (κ2) is 6.00. The molecule has 0 unspecified atom stereocenters. The number of rotatable bonds is 4. The molecule has 1 N–H and O–H groups in total. The Kier molecular flexibility index (Phi) is 3.92. The van der Waals surface area contributed by atoms with Crippen molar-refractivity contribution in [2.75, 3.05) is 25.0 Å². The summed E-state index contributed by atoms with van der Waals surface area (Å²) >= 11 is 6.09. The minimum absolute atomic E-state index is 0.168. The molecule has 25 heavy (non-hydrogen) atoms. The van der Waals surface area contributed by atoms with Gasteiger partial charge in [0.05, 0.1) is 31.0 Å². The number of hydrogen-bond donors (Lipinski definition) is 1. The Balaban J connectivity index is 1.78. The minimum Gasteiger partial charge on any atom is -0.495 e. The van der Waals surface area contributed by atoms with E-state index in [-0.39, 0.29) is 4.90 Å². The highest BCUT2D eigenvalue weighted by Gasteiger charge is 2.33. The molecule has 0 spiro atoms. The minimum atomic E-state index is -3.85. The molecule has 0 amide bonds. The highest BCUT2D eigenvalue weighted by atomic mass is 35.5. The molecular weight excluding hydrogens is 366 g/mol. The fourth-order valence-corrected chi connectivity index (χ4v) is 4.92. The van der Waals surface area contributed by atoms with Crippen molar-refractivity contribution >= 4 is 27.3 Å². The molecule has 0 saturated carbocycles. The fraction of sp³-hybridized carbons (Fsp3) is 0.294. The Morgan fingerprint density at radius 1 is 1.16 bits per heavy atom. The first-order chi connectivity index (χ1) is 12.0. The highest BCUT2D eigenvalue weighted by Crippen LogP contribution is 2.43. The molecule has 2 aliphatic heterocycles. The quantitative estimate of drug-likeness (QED) is 0.881. The van der Waals surface area contributed by atoms with Gasteiger partial charge >= 0.3 is 0 Å². The summed E-state index contributed by atoms with van der Waals surface area (Å²) in [5.74, 6) is 1.52. The van der Waals surface area contributed by atoms with Crippen molar-refractivity contribution in [2.24, 2.45) is 0 Å². The average molecular weight is 382 g/mol. The van der Waals surface area contributed by atoms with Gasteiger partial charge in [-0.05, 0) is 24.3 Å². The smallest absolute Gasteiger partial charge is 0.266 e. The summed E-state index contributed by atoms with van der Waals surface area (Å²) in [6, 6.07) is 6.61. The third-order valence-corrected chi connectivity index (χ3v) is 6.04. The summed E-state index contributed by atoms with van der Waals surface area (Å²) in [6.07, 6.45) is 1.20. The zero-order chi connectivity index (χ0) is 17.6. The van der Waals surface area contributed by atoms with Gasteiger partial charge in [0.25, 0.3) is 10.0 Å². The van der Waals surface area contributed by atoms with Crippen molar-refractivity contribution in [2.45, 2.75) is 17.7 Å². The van der Waals surface area contributed by atoms with Crippen molar-refractivity contribution in [3.8, 4) is 17.2 Å². The molecule has 4 rings (SSSR count). The van der Waals surface area contributed by atoms with Crippen LogP contribution in [0.4, 0.5) is 5.69 Å². The second-order valence-corrected chi connectivity index (χ2v) is 7.85. The van der Waals surface area contributed by atoms with Gasteiger partial charge in [-0.25, -0.2) is 8.42 Å². The predicted octanol–water partition coefficient (Wildman–Crippen LogP) is 3.02. The number of halogens is 1. The van der Waals surface area contributed by atoms with Crippen LogP contribution in [0, 0.1) is 0 Å². The lowest BCUT2D eigenvalue weighted by Gasteiger charge is -2.15. The molecular formula is C17H16ClNO5S. The van der Waals surface area contributed by atoms with Crippen LogP contribution in [-0.2, 0) is 22.9 Å². The summed E-state index contributed by atoms with van der Waals surface area (Å²) < 4.78 is 45.0. The molecule has 6 nitrogen and oxygen atoms in total. The third-order valence-electron chi connectivity index (χ3n) is 4.27. The van der Waals surface area contributed by atoms with Crippen LogP contribution in [0.1, 0.15) is 11.1 Å². The summed E-state index contributed by atoms with van der Waals surface area (Å²) in [5, 5.41) is 0.325. The van der Waals surface area contributed by atoms with Crippen LogP contribution < -0.4 is 18.9 Å². The number of ether oxygens (including phenoxy) is 3.